The van der Waals surface area contributed by atoms with E-state index >= 15 is 0 Å². The zero-order valence-electron chi connectivity index (χ0n) is 11.2. The second-order valence-corrected chi connectivity index (χ2v) is 5.41. The van der Waals surface area contributed by atoms with E-state index in [1.165, 1.54) is 12.5 Å². The number of halogens is 1. The normalized spacial score (nSPS) is 27.0. The number of para-hydroxylation sites is 1. The zero-order valence-corrected chi connectivity index (χ0v) is 11.2. The van der Waals surface area contributed by atoms with Crippen LogP contribution >= 0.6 is 0 Å². The van der Waals surface area contributed by atoms with Crippen LogP contribution in [0.3, 0.4) is 0 Å². The Balaban J connectivity index is 2.23. The molecule has 5 heteroatoms. The molecule has 0 radical (unpaired) electrons. The van der Waals surface area contributed by atoms with Gasteiger partial charge >= 0.3 is 5.69 Å². The number of rotatable bonds is 3. The Morgan fingerprint density at radius 1 is 1.37 bits per heavy atom. The van der Waals surface area contributed by atoms with Crippen LogP contribution in [0, 0.1) is 27.8 Å². The molecule has 1 aliphatic carbocycles. The fourth-order valence-electron chi connectivity index (χ4n) is 2.80. The van der Waals surface area contributed by atoms with Crippen LogP contribution in [-0.4, -0.2) is 11.0 Å². The van der Waals surface area contributed by atoms with Crippen LogP contribution < -0.4 is 5.32 Å². The van der Waals surface area contributed by atoms with E-state index in [2.05, 4.69) is 19.2 Å². The van der Waals surface area contributed by atoms with Gasteiger partial charge in [-0.2, -0.15) is 4.39 Å². The van der Waals surface area contributed by atoms with Crippen LogP contribution in [0.5, 0.6) is 0 Å². The molecule has 1 aliphatic rings. The van der Waals surface area contributed by atoms with Gasteiger partial charge in [0.2, 0.25) is 5.82 Å². The molecular formula is C14H19FN2O2. The molecule has 0 aromatic heterocycles. The zero-order chi connectivity index (χ0) is 14.0. The van der Waals surface area contributed by atoms with Crippen molar-refractivity contribution in [2.24, 2.45) is 11.8 Å². The lowest BCUT2D eigenvalue weighted by Crippen LogP contribution is -2.35. The fourth-order valence-corrected chi connectivity index (χ4v) is 2.80. The molecule has 1 aromatic carbocycles. The van der Waals surface area contributed by atoms with Gasteiger partial charge in [-0.3, -0.25) is 10.1 Å². The molecule has 0 spiro atoms. The summed E-state index contributed by atoms with van der Waals surface area (Å²) in [7, 11) is 0. The minimum absolute atomic E-state index is 0.171. The molecule has 19 heavy (non-hydrogen) atoms. The van der Waals surface area contributed by atoms with Crippen molar-refractivity contribution < 1.29 is 9.31 Å². The third-order valence-electron chi connectivity index (χ3n) is 4.22. The van der Waals surface area contributed by atoms with Gasteiger partial charge in [-0.25, -0.2) is 0 Å². The lowest BCUT2D eigenvalue weighted by Gasteiger charge is -2.35. The van der Waals surface area contributed by atoms with E-state index in [9.17, 15) is 14.5 Å². The molecule has 3 atom stereocenters. The van der Waals surface area contributed by atoms with Gasteiger partial charge in [0, 0.05) is 6.04 Å². The Morgan fingerprint density at radius 2 is 2.11 bits per heavy atom. The maximum atomic E-state index is 13.5. The van der Waals surface area contributed by atoms with E-state index < -0.39 is 16.4 Å². The third kappa shape index (κ3) is 2.85. The van der Waals surface area contributed by atoms with Gasteiger partial charge in [0.05, 0.1) is 4.92 Å². The average Bonchev–Trinajstić information content (AvgIpc) is 2.34. The Labute approximate surface area is 112 Å². The van der Waals surface area contributed by atoms with E-state index in [1.807, 2.05) is 0 Å². The van der Waals surface area contributed by atoms with Crippen LogP contribution in [0.1, 0.15) is 33.1 Å². The van der Waals surface area contributed by atoms with E-state index in [0.717, 1.165) is 18.9 Å². The first-order valence-corrected chi connectivity index (χ1v) is 6.70. The van der Waals surface area contributed by atoms with Gasteiger partial charge in [0.1, 0.15) is 5.69 Å². The number of anilines is 1. The molecule has 3 unspecified atom stereocenters. The predicted molar refractivity (Wildman–Crippen MR) is 72.6 cm³/mol. The number of nitrogens with zero attached hydrogens (tertiary/aromatic N) is 1. The summed E-state index contributed by atoms with van der Waals surface area (Å²) in [6.45, 7) is 4.34. The number of benzene rings is 1. The molecule has 0 bridgehead atoms. The number of hydrogen-bond donors (Lipinski definition) is 1. The lowest BCUT2D eigenvalue weighted by atomic mass is 9.78. The third-order valence-corrected chi connectivity index (χ3v) is 4.22. The van der Waals surface area contributed by atoms with Gasteiger partial charge in [0.15, 0.2) is 0 Å². The molecular weight excluding hydrogens is 247 g/mol. The van der Waals surface area contributed by atoms with Gasteiger partial charge in [-0.1, -0.05) is 32.8 Å². The molecule has 1 aromatic rings. The first-order chi connectivity index (χ1) is 9.00. The molecule has 0 amide bonds. The summed E-state index contributed by atoms with van der Waals surface area (Å²) < 4.78 is 13.5. The number of nitro benzene ring substituents is 1. The maximum absolute atomic E-state index is 13.5. The summed E-state index contributed by atoms with van der Waals surface area (Å²) in [6, 6.07) is 4.37. The standard InChI is InChI=1S/C14H19FN2O2/c1-9-5-3-7-12(10(9)2)16-13-8-4-6-11(15)14(13)17(18)19/h4,6,8-10,12,16H,3,5,7H2,1-2H3. The molecule has 1 N–H and O–H groups in total. The molecule has 1 saturated carbocycles. The van der Waals surface area contributed by atoms with Crippen LogP contribution in [0.4, 0.5) is 15.8 Å². The number of nitrogens with one attached hydrogen (secondary N) is 1. The van der Waals surface area contributed by atoms with Crippen LogP contribution in [0.15, 0.2) is 18.2 Å². The minimum Gasteiger partial charge on any atom is -0.376 e. The SMILES string of the molecule is CC1CCCC(Nc2cccc(F)c2[N+](=O)[O-])C1C. The Kier molecular flexibility index (Phi) is 4.02. The summed E-state index contributed by atoms with van der Waals surface area (Å²) in [5.41, 5.74) is -0.163. The van der Waals surface area contributed by atoms with Crippen LogP contribution in [0.2, 0.25) is 0 Å². The van der Waals surface area contributed by atoms with Crippen molar-refractivity contribution in [1.29, 1.82) is 0 Å². The smallest absolute Gasteiger partial charge is 0.327 e. The van der Waals surface area contributed by atoms with Crippen molar-refractivity contribution in [2.45, 2.75) is 39.2 Å². The molecule has 0 saturated heterocycles. The molecule has 0 aliphatic heterocycles. The maximum Gasteiger partial charge on any atom is 0.327 e. The second kappa shape index (κ2) is 5.55. The summed E-state index contributed by atoms with van der Waals surface area (Å²) in [5, 5.41) is 14.1. The van der Waals surface area contributed by atoms with Crippen molar-refractivity contribution in [3.05, 3.63) is 34.1 Å². The van der Waals surface area contributed by atoms with Crippen molar-refractivity contribution in [3.63, 3.8) is 0 Å². The molecule has 0 heterocycles. The van der Waals surface area contributed by atoms with Gasteiger partial charge in [0.25, 0.3) is 0 Å². The quantitative estimate of drug-likeness (QED) is 0.665. The van der Waals surface area contributed by atoms with E-state index in [-0.39, 0.29) is 11.7 Å². The topological polar surface area (TPSA) is 55.2 Å². The van der Waals surface area contributed by atoms with Crippen molar-refractivity contribution >= 4 is 11.4 Å². The van der Waals surface area contributed by atoms with Gasteiger partial charge in [-0.05, 0) is 30.4 Å². The Bertz CT molecular complexity index is 479. The monoisotopic (exact) mass is 266 g/mol. The highest BCUT2D eigenvalue weighted by molar-refractivity contribution is 5.62. The highest BCUT2D eigenvalue weighted by atomic mass is 19.1. The Morgan fingerprint density at radius 3 is 2.79 bits per heavy atom. The highest BCUT2D eigenvalue weighted by Crippen LogP contribution is 2.34. The molecule has 4 nitrogen and oxygen atoms in total. The van der Waals surface area contributed by atoms with Crippen LogP contribution in [0.25, 0.3) is 0 Å². The van der Waals surface area contributed by atoms with Crippen molar-refractivity contribution in [1.82, 2.24) is 0 Å². The van der Waals surface area contributed by atoms with Crippen LogP contribution in [-0.2, 0) is 0 Å². The van der Waals surface area contributed by atoms with E-state index in [0.29, 0.717) is 11.8 Å². The Hall–Kier alpha value is -1.65. The molecule has 2 rings (SSSR count). The predicted octanol–water partition coefficient (Wildman–Crippen LogP) is 3.97. The van der Waals surface area contributed by atoms with E-state index in [1.54, 1.807) is 6.07 Å². The highest BCUT2D eigenvalue weighted by Gasteiger charge is 2.29. The minimum atomic E-state index is -0.786. The van der Waals surface area contributed by atoms with Gasteiger partial charge < -0.3 is 5.32 Å². The fraction of sp³-hybridized carbons (Fsp3) is 0.571. The average molecular weight is 266 g/mol. The first-order valence-electron chi connectivity index (χ1n) is 6.70. The van der Waals surface area contributed by atoms with Gasteiger partial charge in [-0.15, -0.1) is 0 Å². The van der Waals surface area contributed by atoms with E-state index in [4.69, 9.17) is 0 Å². The second-order valence-electron chi connectivity index (χ2n) is 5.41. The molecule has 1 fully saturated rings. The first kappa shape index (κ1) is 13.8. The largest absolute Gasteiger partial charge is 0.376 e. The lowest BCUT2D eigenvalue weighted by molar-refractivity contribution is -0.386. The summed E-state index contributed by atoms with van der Waals surface area (Å²) in [6.07, 6.45) is 3.26. The summed E-state index contributed by atoms with van der Waals surface area (Å²) >= 11 is 0. The molecule has 104 valence electrons. The number of hydrogen-bond acceptors (Lipinski definition) is 3. The van der Waals surface area contributed by atoms with Crippen molar-refractivity contribution in [2.75, 3.05) is 5.32 Å². The number of nitro groups is 1. The summed E-state index contributed by atoms with van der Waals surface area (Å²) in [4.78, 5) is 10.3. The van der Waals surface area contributed by atoms with Crippen molar-refractivity contribution in [3.8, 4) is 0 Å². The summed E-state index contributed by atoms with van der Waals surface area (Å²) in [5.74, 6) is 0.224.